The molecule has 0 atom stereocenters. The number of nitrogens with two attached hydrogens (primary N) is 1. The molecule has 10 nitrogen and oxygen atoms in total. The molecule has 2 N–H and O–H groups in total. The first-order valence-corrected chi connectivity index (χ1v) is 11.9. The van der Waals surface area contributed by atoms with Crippen molar-refractivity contribution in [2.24, 2.45) is 7.05 Å². The van der Waals surface area contributed by atoms with Gasteiger partial charge in [0, 0.05) is 57.2 Å². The van der Waals surface area contributed by atoms with Crippen molar-refractivity contribution in [3.8, 4) is 10.7 Å². The number of anilines is 2. The largest absolute Gasteiger partial charge is 0.397 e. The highest BCUT2D eigenvalue weighted by atomic mass is 32.2. The van der Waals surface area contributed by atoms with Crippen molar-refractivity contribution in [3.05, 3.63) is 36.8 Å². The molecule has 0 spiro atoms. The molecule has 0 aliphatic carbocycles. The monoisotopic (exact) mass is 467 g/mol. The highest BCUT2D eigenvalue weighted by Gasteiger charge is 2.24. The predicted molar refractivity (Wildman–Crippen MR) is 126 cm³/mol. The van der Waals surface area contributed by atoms with E-state index in [-0.39, 0.29) is 5.91 Å². The molecule has 1 saturated heterocycles. The fraction of sp³-hybridized carbons (Fsp3) is 0.300. The van der Waals surface area contributed by atoms with Gasteiger partial charge in [-0.1, -0.05) is 11.8 Å². The molecule has 1 aliphatic heterocycles. The predicted octanol–water partition coefficient (Wildman–Crippen LogP) is 1.90. The van der Waals surface area contributed by atoms with Gasteiger partial charge in [-0.15, -0.1) is 21.5 Å². The summed E-state index contributed by atoms with van der Waals surface area (Å²) in [5.74, 6) is 1.77. The van der Waals surface area contributed by atoms with Crippen LogP contribution in [0.1, 0.15) is 0 Å². The molecular formula is C20H21N9OS2. The van der Waals surface area contributed by atoms with E-state index in [9.17, 15) is 4.79 Å². The van der Waals surface area contributed by atoms with Gasteiger partial charge >= 0.3 is 0 Å². The van der Waals surface area contributed by atoms with E-state index in [1.54, 1.807) is 24.7 Å². The lowest BCUT2D eigenvalue weighted by Crippen LogP contribution is -2.49. The molecule has 0 radical (unpaired) electrons. The Morgan fingerprint density at radius 1 is 1.09 bits per heavy atom. The maximum absolute atomic E-state index is 12.7. The van der Waals surface area contributed by atoms with Crippen LogP contribution in [0.15, 0.2) is 41.9 Å². The van der Waals surface area contributed by atoms with E-state index in [4.69, 9.17) is 5.73 Å². The number of amides is 1. The smallest absolute Gasteiger partial charge is 0.233 e. The Bertz CT molecular complexity index is 1250. The lowest BCUT2D eigenvalue weighted by Gasteiger charge is -2.34. The highest BCUT2D eigenvalue weighted by molar-refractivity contribution is 7.99. The van der Waals surface area contributed by atoms with Crippen LogP contribution in [0, 0.1) is 0 Å². The van der Waals surface area contributed by atoms with Gasteiger partial charge in [-0.05, 0) is 18.2 Å². The van der Waals surface area contributed by atoms with Crippen LogP contribution in [0.4, 0.5) is 11.6 Å². The third-order valence-corrected chi connectivity index (χ3v) is 7.47. The fourth-order valence-electron chi connectivity index (χ4n) is 3.58. The van der Waals surface area contributed by atoms with Crippen molar-refractivity contribution >= 4 is 50.9 Å². The van der Waals surface area contributed by atoms with E-state index in [0.717, 1.165) is 15.1 Å². The number of hydrogen-bond donors (Lipinski definition) is 1. The number of piperazine rings is 1. The first-order valence-electron chi connectivity index (χ1n) is 10.1. The number of carbonyl (C=O) groups excluding carboxylic acids is 1. The number of thioether (sulfide) groups is 1. The maximum Gasteiger partial charge on any atom is 0.233 e. The van der Waals surface area contributed by atoms with Crippen molar-refractivity contribution in [3.63, 3.8) is 0 Å². The number of pyridine rings is 1. The van der Waals surface area contributed by atoms with Gasteiger partial charge in [0.05, 0.1) is 16.3 Å². The minimum Gasteiger partial charge on any atom is -0.397 e. The first kappa shape index (κ1) is 20.6. The normalized spacial score (nSPS) is 14.3. The average Bonchev–Trinajstić information content (AvgIpc) is 3.37. The molecule has 1 fully saturated rings. The van der Waals surface area contributed by atoms with E-state index in [1.165, 1.54) is 23.1 Å². The molecule has 4 aromatic heterocycles. The van der Waals surface area contributed by atoms with E-state index < -0.39 is 0 Å². The fourth-order valence-corrected chi connectivity index (χ4v) is 5.48. The summed E-state index contributed by atoms with van der Waals surface area (Å²) in [5.41, 5.74) is 6.99. The third kappa shape index (κ3) is 3.86. The molecular weight excluding hydrogens is 446 g/mol. The molecule has 4 aromatic rings. The van der Waals surface area contributed by atoms with Gasteiger partial charge < -0.3 is 20.1 Å². The lowest BCUT2D eigenvalue weighted by molar-refractivity contribution is -0.128. The highest BCUT2D eigenvalue weighted by Crippen LogP contribution is 2.39. The van der Waals surface area contributed by atoms with Crippen LogP contribution in [-0.2, 0) is 11.8 Å². The van der Waals surface area contributed by atoms with Crippen LogP contribution >= 0.6 is 23.1 Å². The molecule has 12 heteroatoms. The summed E-state index contributed by atoms with van der Waals surface area (Å²) in [6.45, 7) is 2.72. The molecule has 0 saturated carbocycles. The average molecular weight is 468 g/mol. The second-order valence-electron chi connectivity index (χ2n) is 7.27. The van der Waals surface area contributed by atoms with Crippen molar-refractivity contribution in [1.82, 2.24) is 34.6 Å². The number of thiophene rings is 1. The summed E-state index contributed by atoms with van der Waals surface area (Å²) in [6.07, 6.45) is 5.21. The Balaban J connectivity index is 1.22. The zero-order chi connectivity index (χ0) is 22.1. The van der Waals surface area contributed by atoms with Crippen LogP contribution in [0.2, 0.25) is 0 Å². The molecule has 0 aromatic carbocycles. The van der Waals surface area contributed by atoms with Gasteiger partial charge in [0.2, 0.25) is 11.9 Å². The van der Waals surface area contributed by atoms with E-state index in [1.807, 2.05) is 28.6 Å². The molecule has 1 amide bonds. The minimum atomic E-state index is 0.0822. The molecule has 32 heavy (non-hydrogen) atoms. The van der Waals surface area contributed by atoms with Crippen molar-refractivity contribution in [2.45, 2.75) is 5.16 Å². The standard InChI is InChI=1S/C20H21N9OS2/c1-27-17(16-15(21)13-4-2-5-22-18(13)32-16)25-26-20(27)31-12-14(30)28-8-10-29(11-9-28)19-23-6-3-7-24-19/h2-7H,8-12,21H2,1H3. The number of nitrogen functional groups attached to an aromatic ring is 1. The summed E-state index contributed by atoms with van der Waals surface area (Å²) in [7, 11) is 1.89. The van der Waals surface area contributed by atoms with Crippen LogP contribution in [-0.4, -0.2) is 72.5 Å². The van der Waals surface area contributed by atoms with E-state index in [2.05, 4.69) is 30.0 Å². The number of aromatic nitrogens is 6. The van der Waals surface area contributed by atoms with Crippen LogP contribution in [0.25, 0.3) is 20.9 Å². The number of fused-ring (bicyclic) bond motifs is 1. The number of carbonyl (C=O) groups is 1. The second-order valence-corrected chi connectivity index (χ2v) is 9.21. The maximum atomic E-state index is 12.7. The van der Waals surface area contributed by atoms with Gasteiger partial charge in [-0.2, -0.15) is 0 Å². The van der Waals surface area contributed by atoms with E-state index in [0.29, 0.717) is 54.5 Å². The Morgan fingerprint density at radius 2 is 1.84 bits per heavy atom. The Morgan fingerprint density at radius 3 is 2.59 bits per heavy atom. The van der Waals surface area contributed by atoms with Gasteiger partial charge in [-0.25, -0.2) is 15.0 Å². The zero-order valence-corrected chi connectivity index (χ0v) is 19.0. The molecule has 1 aliphatic rings. The molecule has 5 heterocycles. The quantitative estimate of drug-likeness (QED) is 0.439. The molecule has 0 unspecified atom stereocenters. The van der Waals surface area contributed by atoms with Gasteiger partial charge in [0.25, 0.3) is 0 Å². The van der Waals surface area contributed by atoms with Crippen LogP contribution in [0.3, 0.4) is 0 Å². The van der Waals surface area contributed by atoms with Gasteiger partial charge in [-0.3, -0.25) is 4.79 Å². The van der Waals surface area contributed by atoms with Crippen LogP contribution in [0.5, 0.6) is 0 Å². The lowest BCUT2D eigenvalue weighted by atomic mass is 10.2. The number of nitrogens with zero attached hydrogens (tertiary/aromatic N) is 8. The molecule has 164 valence electrons. The first-order chi connectivity index (χ1) is 15.6. The van der Waals surface area contributed by atoms with Crippen LogP contribution < -0.4 is 10.6 Å². The summed E-state index contributed by atoms with van der Waals surface area (Å²) in [5, 5.41) is 10.2. The summed E-state index contributed by atoms with van der Waals surface area (Å²) >= 11 is 2.87. The van der Waals surface area contributed by atoms with Gasteiger partial charge in [0.15, 0.2) is 11.0 Å². The summed E-state index contributed by atoms with van der Waals surface area (Å²) in [6, 6.07) is 5.61. The Hall–Kier alpha value is -3.25. The minimum absolute atomic E-state index is 0.0822. The van der Waals surface area contributed by atoms with Crippen molar-refractivity contribution < 1.29 is 4.79 Å². The third-order valence-electron chi connectivity index (χ3n) is 5.33. The Kier molecular flexibility index (Phi) is 5.62. The molecule has 5 rings (SSSR count). The topological polar surface area (TPSA) is 119 Å². The van der Waals surface area contributed by atoms with Gasteiger partial charge in [0.1, 0.15) is 4.83 Å². The van der Waals surface area contributed by atoms with Crippen molar-refractivity contribution in [2.75, 3.05) is 42.6 Å². The molecule has 0 bridgehead atoms. The SMILES string of the molecule is Cn1c(SCC(=O)N2CCN(c3ncccn3)CC2)nnc1-c1sc2ncccc2c1N. The summed E-state index contributed by atoms with van der Waals surface area (Å²) < 4.78 is 1.88. The zero-order valence-electron chi connectivity index (χ0n) is 17.4. The summed E-state index contributed by atoms with van der Waals surface area (Å²) in [4.78, 5) is 31.4. The Labute approximate surface area is 192 Å². The number of rotatable bonds is 5. The number of hydrogen-bond acceptors (Lipinski definition) is 10. The van der Waals surface area contributed by atoms with E-state index >= 15 is 0 Å². The van der Waals surface area contributed by atoms with Crippen molar-refractivity contribution in [1.29, 1.82) is 0 Å². The second kappa shape index (κ2) is 8.71.